The van der Waals surface area contributed by atoms with E-state index in [1.807, 2.05) is 23.1 Å². The molecular formula is C14H14N4S. The average molecular weight is 270 g/mol. The Labute approximate surface area is 116 Å². The molecular weight excluding hydrogens is 256 g/mol. The van der Waals surface area contributed by atoms with Gasteiger partial charge in [0.2, 0.25) is 0 Å². The minimum absolute atomic E-state index is 0.433. The Kier molecular flexibility index (Phi) is 3.26. The van der Waals surface area contributed by atoms with E-state index in [1.54, 1.807) is 11.8 Å². The molecule has 5 heteroatoms. The quantitative estimate of drug-likeness (QED) is 0.804. The molecule has 0 unspecified atom stereocenters. The SMILES string of the molecule is CSc1cccc(-n2nnc(C#N)c2C2CCC2)c1. The van der Waals surface area contributed by atoms with Crippen LogP contribution in [0.5, 0.6) is 0 Å². The molecule has 0 saturated heterocycles. The molecule has 0 amide bonds. The predicted octanol–water partition coefficient (Wildman–Crippen LogP) is 3.13. The molecule has 1 aromatic heterocycles. The second kappa shape index (κ2) is 5.06. The van der Waals surface area contributed by atoms with Crippen LogP contribution in [0.25, 0.3) is 5.69 Å². The van der Waals surface area contributed by atoms with Gasteiger partial charge in [0.15, 0.2) is 5.69 Å². The molecule has 3 rings (SSSR count). The maximum atomic E-state index is 9.18. The number of thioether (sulfide) groups is 1. The zero-order valence-electron chi connectivity index (χ0n) is 10.7. The van der Waals surface area contributed by atoms with E-state index in [2.05, 4.69) is 28.5 Å². The molecule has 0 N–H and O–H groups in total. The summed E-state index contributed by atoms with van der Waals surface area (Å²) in [7, 11) is 0. The van der Waals surface area contributed by atoms with Gasteiger partial charge in [0.25, 0.3) is 0 Å². The third kappa shape index (κ3) is 2.13. The van der Waals surface area contributed by atoms with Crippen molar-refractivity contribution >= 4 is 11.8 Å². The highest BCUT2D eigenvalue weighted by Gasteiger charge is 2.28. The molecule has 0 atom stereocenters. The lowest BCUT2D eigenvalue weighted by molar-refractivity contribution is 0.402. The van der Waals surface area contributed by atoms with Crippen molar-refractivity contribution < 1.29 is 0 Å². The van der Waals surface area contributed by atoms with Crippen molar-refractivity contribution in [2.75, 3.05) is 6.26 Å². The number of hydrogen-bond acceptors (Lipinski definition) is 4. The molecule has 1 fully saturated rings. The Hall–Kier alpha value is -1.80. The van der Waals surface area contributed by atoms with E-state index in [0.29, 0.717) is 11.6 Å². The van der Waals surface area contributed by atoms with Crippen molar-refractivity contribution in [1.29, 1.82) is 5.26 Å². The molecule has 19 heavy (non-hydrogen) atoms. The summed E-state index contributed by atoms with van der Waals surface area (Å²) in [6.45, 7) is 0. The fraction of sp³-hybridized carbons (Fsp3) is 0.357. The lowest BCUT2D eigenvalue weighted by Crippen LogP contribution is -2.15. The highest BCUT2D eigenvalue weighted by atomic mass is 32.2. The van der Waals surface area contributed by atoms with Crippen molar-refractivity contribution in [3.63, 3.8) is 0 Å². The Morgan fingerprint density at radius 1 is 1.42 bits per heavy atom. The van der Waals surface area contributed by atoms with Gasteiger partial charge in [-0.15, -0.1) is 16.9 Å². The summed E-state index contributed by atoms with van der Waals surface area (Å²) in [6.07, 6.45) is 5.54. The fourth-order valence-corrected chi connectivity index (χ4v) is 2.80. The van der Waals surface area contributed by atoms with Crippen molar-refractivity contribution in [3.8, 4) is 11.8 Å². The lowest BCUT2D eigenvalue weighted by Gasteiger charge is -2.25. The van der Waals surface area contributed by atoms with E-state index in [-0.39, 0.29) is 0 Å². The van der Waals surface area contributed by atoms with Gasteiger partial charge in [-0.1, -0.05) is 17.7 Å². The van der Waals surface area contributed by atoms with Crippen LogP contribution in [0.3, 0.4) is 0 Å². The Balaban J connectivity index is 2.09. The second-order valence-corrected chi connectivity index (χ2v) is 5.56. The number of nitriles is 1. The van der Waals surface area contributed by atoms with E-state index in [1.165, 1.54) is 11.3 Å². The van der Waals surface area contributed by atoms with Crippen molar-refractivity contribution in [2.24, 2.45) is 0 Å². The largest absolute Gasteiger partial charge is 0.216 e. The molecule has 0 aliphatic heterocycles. The number of benzene rings is 1. The van der Waals surface area contributed by atoms with Crippen LogP contribution >= 0.6 is 11.8 Å². The molecule has 1 saturated carbocycles. The molecule has 1 aliphatic rings. The zero-order valence-corrected chi connectivity index (χ0v) is 11.5. The Morgan fingerprint density at radius 2 is 2.26 bits per heavy atom. The molecule has 4 nitrogen and oxygen atoms in total. The van der Waals surface area contributed by atoms with Gasteiger partial charge < -0.3 is 0 Å². The van der Waals surface area contributed by atoms with Crippen LogP contribution < -0.4 is 0 Å². The molecule has 1 heterocycles. The first-order valence-corrected chi connectivity index (χ1v) is 7.56. The van der Waals surface area contributed by atoms with E-state index >= 15 is 0 Å². The summed E-state index contributed by atoms with van der Waals surface area (Å²) < 4.78 is 1.84. The van der Waals surface area contributed by atoms with E-state index in [0.717, 1.165) is 24.2 Å². The third-order valence-electron chi connectivity index (χ3n) is 3.60. The first kappa shape index (κ1) is 12.2. The topological polar surface area (TPSA) is 54.5 Å². The van der Waals surface area contributed by atoms with Crippen LogP contribution in [0.15, 0.2) is 29.2 Å². The number of aromatic nitrogens is 3. The first-order chi connectivity index (χ1) is 9.33. The number of rotatable bonds is 3. The van der Waals surface area contributed by atoms with Crippen LogP contribution in [0.2, 0.25) is 0 Å². The minimum atomic E-state index is 0.433. The van der Waals surface area contributed by atoms with Crippen molar-refractivity contribution in [1.82, 2.24) is 15.0 Å². The molecule has 0 spiro atoms. The molecule has 1 aliphatic carbocycles. The van der Waals surface area contributed by atoms with Gasteiger partial charge in [-0.25, -0.2) is 4.68 Å². The maximum Gasteiger partial charge on any atom is 0.186 e. The summed E-state index contributed by atoms with van der Waals surface area (Å²) in [5.74, 6) is 0.433. The fourth-order valence-electron chi connectivity index (χ4n) is 2.35. The Morgan fingerprint density at radius 3 is 2.89 bits per heavy atom. The summed E-state index contributed by atoms with van der Waals surface area (Å²) >= 11 is 1.70. The maximum absolute atomic E-state index is 9.18. The monoisotopic (exact) mass is 270 g/mol. The average Bonchev–Trinajstić information content (AvgIpc) is 2.80. The second-order valence-electron chi connectivity index (χ2n) is 4.68. The van der Waals surface area contributed by atoms with Gasteiger partial charge in [0.1, 0.15) is 6.07 Å². The normalized spacial score (nSPS) is 14.9. The predicted molar refractivity (Wildman–Crippen MR) is 74.4 cm³/mol. The third-order valence-corrected chi connectivity index (χ3v) is 4.33. The van der Waals surface area contributed by atoms with Crippen molar-refractivity contribution in [2.45, 2.75) is 30.1 Å². The minimum Gasteiger partial charge on any atom is -0.216 e. The highest BCUT2D eigenvalue weighted by molar-refractivity contribution is 7.98. The van der Waals surface area contributed by atoms with Crippen LogP contribution in [0, 0.1) is 11.3 Å². The van der Waals surface area contributed by atoms with Gasteiger partial charge in [-0.2, -0.15) is 5.26 Å². The Bertz CT molecular complexity index is 637. The van der Waals surface area contributed by atoms with Crippen LogP contribution in [0.4, 0.5) is 0 Å². The van der Waals surface area contributed by atoms with E-state index in [4.69, 9.17) is 0 Å². The van der Waals surface area contributed by atoms with Gasteiger partial charge in [-0.05, 0) is 37.3 Å². The van der Waals surface area contributed by atoms with Gasteiger partial charge in [0, 0.05) is 10.8 Å². The van der Waals surface area contributed by atoms with Crippen LogP contribution in [-0.4, -0.2) is 21.2 Å². The van der Waals surface area contributed by atoms with Gasteiger partial charge >= 0.3 is 0 Å². The first-order valence-electron chi connectivity index (χ1n) is 6.33. The number of nitrogens with zero attached hydrogens (tertiary/aromatic N) is 4. The summed E-state index contributed by atoms with van der Waals surface area (Å²) in [4.78, 5) is 1.19. The van der Waals surface area contributed by atoms with E-state index in [9.17, 15) is 5.26 Å². The summed E-state index contributed by atoms with van der Waals surface area (Å²) in [6, 6.07) is 10.3. The van der Waals surface area contributed by atoms with Crippen LogP contribution in [-0.2, 0) is 0 Å². The summed E-state index contributed by atoms with van der Waals surface area (Å²) in [5.41, 5.74) is 2.44. The zero-order chi connectivity index (χ0) is 13.2. The highest BCUT2D eigenvalue weighted by Crippen LogP contribution is 2.38. The lowest BCUT2D eigenvalue weighted by atomic mass is 9.82. The molecule has 2 aromatic rings. The smallest absolute Gasteiger partial charge is 0.186 e. The molecule has 0 radical (unpaired) electrons. The van der Waals surface area contributed by atoms with Gasteiger partial charge in [-0.3, -0.25) is 0 Å². The van der Waals surface area contributed by atoms with Crippen LogP contribution in [0.1, 0.15) is 36.6 Å². The standard InChI is InChI=1S/C14H14N4S/c1-19-12-7-3-6-11(8-12)18-14(10-4-2-5-10)13(9-15)16-17-18/h3,6-8,10H,2,4-5H2,1H3. The molecule has 96 valence electrons. The van der Waals surface area contributed by atoms with E-state index < -0.39 is 0 Å². The van der Waals surface area contributed by atoms with Crippen molar-refractivity contribution in [3.05, 3.63) is 35.7 Å². The molecule has 1 aromatic carbocycles. The summed E-state index contributed by atoms with van der Waals surface area (Å²) in [5, 5.41) is 17.4. The number of hydrogen-bond donors (Lipinski definition) is 0. The molecule has 0 bridgehead atoms. The van der Waals surface area contributed by atoms with Gasteiger partial charge in [0.05, 0.1) is 11.4 Å².